The number of anilines is 1. The van der Waals surface area contributed by atoms with E-state index < -0.39 is 0 Å². The number of rotatable bonds is 3. The predicted octanol–water partition coefficient (Wildman–Crippen LogP) is 0.857. The lowest BCUT2D eigenvalue weighted by Gasteiger charge is -2.35. The Balaban J connectivity index is 1.59. The summed E-state index contributed by atoms with van der Waals surface area (Å²) in [4.78, 5) is 24.7. The molecule has 1 saturated heterocycles. The summed E-state index contributed by atoms with van der Waals surface area (Å²) in [5.41, 5.74) is 1.13. The van der Waals surface area contributed by atoms with Gasteiger partial charge in [0.2, 0.25) is 11.9 Å². The number of hydrogen-bond acceptors (Lipinski definition) is 5. The van der Waals surface area contributed by atoms with E-state index >= 15 is 0 Å². The van der Waals surface area contributed by atoms with Gasteiger partial charge in [-0.3, -0.25) is 9.48 Å². The molecule has 7 heteroatoms. The lowest BCUT2D eigenvalue weighted by Crippen LogP contribution is -2.44. The Morgan fingerprint density at radius 2 is 2.09 bits per heavy atom. The van der Waals surface area contributed by atoms with Crippen LogP contribution in [0.4, 0.5) is 5.95 Å². The standard InChI is InChI=1S/C15H18N6O/c22-14-3-1-8-19(14)10-13-11-20(15-16-5-2-6-17-15)9-12-4-7-18-21(12)13/h2,4-7,13H,1,3,8-11H2/t13-/m0/s1. The topological polar surface area (TPSA) is 67.2 Å². The van der Waals surface area contributed by atoms with E-state index in [1.807, 2.05) is 27.9 Å². The van der Waals surface area contributed by atoms with Gasteiger partial charge in [0.1, 0.15) is 0 Å². The van der Waals surface area contributed by atoms with Crippen LogP contribution in [0.2, 0.25) is 0 Å². The summed E-state index contributed by atoms with van der Waals surface area (Å²) in [6.07, 6.45) is 6.97. The molecule has 1 amide bonds. The summed E-state index contributed by atoms with van der Waals surface area (Å²) in [5, 5.41) is 4.44. The fraction of sp³-hybridized carbons (Fsp3) is 0.467. The van der Waals surface area contributed by atoms with Gasteiger partial charge in [0.25, 0.3) is 0 Å². The van der Waals surface area contributed by atoms with Gasteiger partial charge < -0.3 is 9.80 Å². The van der Waals surface area contributed by atoms with Crippen LogP contribution in [0.5, 0.6) is 0 Å². The number of fused-ring (bicyclic) bond motifs is 1. The molecule has 7 nitrogen and oxygen atoms in total. The van der Waals surface area contributed by atoms with E-state index in [2.05, 4.69) is 20.0 Å². The lowest BCUT2D eigenvalue weighted by atomic mass is 10.2. The van der Waals surface area contributed by atoms with Gasteiger partial charge >= 0.3 is 0 Å². The number of likely N-dealkylation sites (tertiary alicyclic amines) is 1. The Bertz CT molecular complexity index is 670. The first-order chi connectivity index (χ1) is 10.8. The molecule has 0 aromatic carbocycles. The van der Waals surface area contributed by atoms with Crippen molar-refractivity contribution in [2.75, 3.05) is 24.5 Å². The predicted molar refractivity (Wildman–Crippen MR) is 80.2 cm³/mol. The molecule has 22 heavy (non-hydrogen) atoms. The summed E-state index contributed by atoms with van der Waals surface area (Å²) < 4.78 is 2.05. The molecule has 1 atom stereocenters. The minimum absolute atomic E-state index is 0.143. The van der Waals surface area contributed by atoms with E-state index in [0.717, 1.165) is 37.7 Å². The van der Waals surface area contributed by atoms with Crippen molar-refractivity contribution < 1.29 is 4.79 Å². The number of hydrogen-bond donors (Lipinski definition) is 0. The van der Waals surface area contributed by atoms with Gasteiger partial charge in [0.05, 0.1) is 18.3 Å². The molecule has 0 N–H and O–H groups in total. The highest BCUT2D eigenvalue weighted by molar-refractivity contribution is 5.78. The number of carbonyl (C=O) groups excluding carboxylic acids is 1. The third kappa shape index (κ3) is 2.32. The summed E-state index contributed by atoms with van der Waals surface area (Å²) in [6.45, 7) is 3.07. The molecule has 0 aliphatic carbocycles. The van der Waals surface area contributed by atoms with E-state index in [-0.39, 0.29) is 11.9 Å². The van der Waals surface area contributed by atoms with Crippen molar-refractivity contribution in [2.24, 2.45) is 0 Å². The van der Waals surface area contributed by atoms with Gasteiger partial charge in [0, 0.05) is 44.6 Å². The zero-order valence-electron chi connectivity index (χ0n) is 12.3. The van der Waals surface area contributed by atoms with Gasteiger partial charge in [0.15, 0.2) is 0 Å². The largest absolute Gasteiger partial charge is 0.340 e. The van der Waals surface area contributed by atoms with Gasteiger partial charge in [-0.15, -0.1) is 0 Å². The molecule has 2 aliphatic heterocycles. The van der Waals surface area contributed by atoms with Crippen molar-refractivity contribution in [2.45, 2.75) is 25.4 Å². The van der Waals surface area contributed by atoms with Gasteiger partial charge in [-0.1, -0.05) is 0 Å². The quantitative estimate of drug-likeness (QED) is 0.840. The van der Waals surface area contributed by atoms with Crippen LogP contribution < -0.4 is 4.90 Å². The Hall–Kier alpha value is -2.44. The molecule has 0 radical (unpaired) electrons. The van der Waals surface area contributed by atoms with Gasteiger partial charge in [-0.05, 0) is 18.6 Å². The molecule has 0 saturated carbocycles. The maximum atomic E-state index is 11.9. The first kappa shape index (κ1) is 13.2. The second-order valence-corrected chi connectivity index (χ2v) is 5.79. The Morgan fingerprint density at radius 3 is 2.86 bits per heavy atom. The first-order valence-electron chi connectivity index (χ1n) is 7.63. The third-order valence-electron chi connectivity index (χ3n) is 4.32. The summed E-state index contributed by atoms with van der Waals surface area (Å²) in [7, 11) is 0. The number of nitrogens with zero attached hydrogens (tertiary/aromatic N) is 6. The summed E-state index contributed by atoms with van der Waals surface area (Å²) >= 11 is 0. The Kier molecular flexibility index (Phi) is 3.25. The van der Waals surface area contributed by atoms with E-state index in [1.165, 1.54) is 0 Å². The Morgan fingerprint density at radius 1 is 1.23 bits per heavy atom. The van der Waals surface area contributed by atoms with Crippen LogP contribution in [0.15, 0.2) is 30.7 Å². The van der Waals surface area contributed by atoms with Crippen LogP contribution in [-0.4, -0.2) is 50.2 Å². The van der Waals surface area contributed by atoms with Crippen LogP contribution in [0.25, 0.3) is 0 Å². The van der Waals surface area contributed by atoms with Crippen LogP contribution in [0.1, 0.15) is 24.6 Å². The lowest BCUT2D eigenvalue weighted by molar-refractivity contribution is -0.128. The van der Waals surface area contributed by atoms with Crippen molar-refractivity contribution in [3.05, 3.63) is 36.4 Å². The van der Waals surface area contributed by atoms with Crippen molar-refractivity contribution in [3.8, 4) is 0 Å². The molecule has 2 aromatic rings. The number of carbonyl (C=O) groups is 1. The highest BCUT2D eigenvalue weighted by atomic mass is 16.2. The molecule has 0 unspecified atom stereocenters. The maximum absolute atomic E-state index is 11.9. The second kappa shape index (κ2) is 5.40. The van der Waals surface area contributed by atoms with Crippen LogP contribution in [-0.2, 0) is 11.3 Å². The fourth-order valence-corrected chi connectivity index (χ4v) is 3.28. The van der Waals surface area contributed by atoms with E-state index in [0.29, 0.717) is 13.0 Å². The summed E-state index contributed by atoms with van der Waals surface area (Å²) in [6, 6.07) is 3.98. The van der Waals surface area contributed by atoms with Crippen molar-refractivity contribution >= 4 is 11.9 Å². The van der Waals surface area contributed by atoms with Crippen LogP contribution >= 0.6 is 0 Å². The van der Waals surface area contributed by atoms with Crippen LogP contribution in [0, 0.1) is 0 Å². The molecule has 0 spiro atoms. The normalized spacial score (nSPS) is 21.3. The second-order valence-electron chi connectivity index (χ2n) is 5.79. The first-order valence-corrected chi connectivity index (χ1v) is 7.63. The molecule has 4 rings (SSSR count). The van der Waals surface area contributed by atoms with Gasteiger partial charge in [-0.2, -0.15) is 5.10 Å². The Labute approximate surface area is 128 Å². The molecular weight excluding hydrogens is 280 g/mol. The highest BCUT2D eigenvalue weighted by Crippen LogP contribution is 2.25. The fourth-order valence-electron chi connectivity index (χ4n) is 3.28. The average molecular weight is 298 g/mol. The summed E-state index contributed by atoms with van der Waals surface area (Å²) in [5.74, 6) is 0.981. The number of amides is 1. The zero-order chi connectivity index (χ0) is 14.9. The van der Waals surface area contributed by atoms with Crippen molar-refractivity contribution in [3.63, 3.8) is 0 Å². The SMILES string of the molecule is O=C1CCCN1C[C@H]1CN(c2ncccn2)Cc2ccnn21. The van der Waals surface area contributed by atoms with Crippen molar-refractivity contribution in [1.29, 1.82) is 0 Å². The molecule has 114 valence electrons. The van der Waals surface area contributed by atoms with E-state index in [1.54, 1.807) is 12.4 Å². The molecule has 4 heterocycles. The highest BCUT2D eigenvalue weighted by Gasteiger charge is 2.31. The van der Waals surface area contributed by atoms with E-state index in [4.69, 9.17) is 0 Å². The zero-order valence-corrected chi connectivity index (χ0v) is 12.3. The molecular formula is C15H18N6O. The maximum Gasteiger partial charge on any atom is 0.225 e. The molecule has 2 aliphatic rings. The monoisotopic (exact) mass is 298 g/mol. The number of aromatic nitrogens is 4. The van der Waals surface area contributed by atoms with Crippen molar-refractivity contribution in [1.82, 2.24) is 24.6 Å². The van der Waals surface area contributed by atoms with E-state index in [9.17, 15) is 4.79 Å². The third-order valence-corrected chi connectivity index (χ3v) is 4.32. The smallest absolute Gasteiger partial charge is 0.225 e. The molecule has 2 aromatic heterocycles. The average Bonchev–Trinajstić information content (AvgIpc) is 3.17. The van der Waals surface area contributed by atoms with Gasteiger partial charge in [-0.25, -0.2) is 9.97 Å². The molecule has 0 bridgehead atoms. The van der Waals surface area contributed by atoms with Crippen LogP contribution in [0.3, 0.4) is 0 Å². The minimum atomic E-state index is 0.143. The minimum Gasteiger partial charge on any atom is -0.340 e. The molecule has 1 fully saturated rings.